The molecule has 0 bridgehead atoms. The molecule has 1 aromatic heterocycles. The number of fused-ring (bicyclic) bond motifs is 1. The molecule has 0 spiro atoms. The van der Waals surface area contributed by atoms with Crippen LogP contribution < -0.4 is 5.63 Å². The minimum Gasteiger partial charge on any atom is -0.457 e. The Hall–Kier alpha value is -2.72. The van der Waals surface area contributed by atoms with Gasteiger partial charge in [0.2, 0.25) is 10.0 Å². The molecule has 3 aromatic rings. The first-order chi connectivity index (χ1) is 15.3. The van der Waals surface area contributed by atoms with Crippen LogP contribution in [-0.4, -0.2) is 45.0 Å². The highest BCUT2D eigenvalue weighted by Crippen LogP contribution is 2.26. The van der Waals surface area contributed by atoms with Crippen LogP contribution in [0.4, 0.5) is 0 Å². The van der Waals surface area contributed by atoms with Crippen molar-refractivity contribution in [3.05, 3.63) is 74.6 Å². The summed E-state index contributed by atoms with van der Waals surface area (Å²) in [5, 5.41) is 1.07. The maximum atomic E-state index is 12.7. The van der Waals surface area contributed by atoms with Gasteiger partial charge in [0.15, 0.2) is 0 Å². The Bertz CT molecular complexity index is 1330. The molecular formula is C22H20ClNO7S. The third kappa shape index (κ3) is 4.56. The summed E-state index contributed by atoms with van der Waals surface area (Å²) in [6.07, 6.45) is 0. The van der Waals surface area contributed by atoms with Crippen molar-refractivity contribution >= 4 is 38.6 Å². The predicted octanol–water partition coefficient (Wildman–Crippen LogP) is 3.13. The molecule has 0 radical (unpaired) electrons. The summed E-state index contributed by atoms with van der Waals surface area (Å²) < 4.78 is 42.5. The van der Waals surface area contributed by atoms with Crippen LogP contribution in [-0.2, 0) is 26.1 Å². The number of benzene rings is 2. The van der Waals surface area contributed by atoms with E-state index in [0.717, 1.165) is 5.56 Å². The number of hydrogen-bond acceptors (Lipinski definition) is 7. The first-order valence-electron chi connectivity index (χ1n) is 9.84. The second-order valence-corrected chi connectivity index (χ2v) is 9.65. The van der Waals surface area contributed by atoms with Gasteiger partial charge in [0.1, 0.15) is 12.2 Å². The number of rotatable bonds is 5. The van der Waals surface area contributed by atoms with Crippen molar-refractivity contribution in [1.82, 2.24) is 4.31 Å². The lowest BCUT2D eigenvalue weighted by Gasteiger charge is -2.26. The van der Waals surface area contributed by atoms with Crippen molar-refractivity contribution in [3.8, 4) is 0 Å². The van der Waals surface area contributed by atoms with Gasteiger partial charge in [-0.3, -0.25) is 0 Å². The molecule has 4 rings (SSSR count). The van der Waals surface area contributed by atoms with Crippen LogP contribution in [0, 0.1) is 6.92 Å². The van der Waals surface area contributed by atoms with Crippen molar-refractivity contribution in [3.63, 3.8) is 0 Å². The molecule has 0 atom stereocenters. The third-order valence-electron chi connectivity index (χ3n) is 5.17. The van der Waals surface area contributed by atoms with Crippen LogP contribution in [0.25, 0.3) is 11.0 Å². The van der Waals surface area contributed by atoms with E-state index in [1.165, 1.54) is 34.6 Å². The highest BCUT2D eigenvalue weighted by atomic mass is 35.5. The lowest BCUT2D eigenvalue weighted by molar-refractivity contribution is 0.0473. The van der Waals surface area contributed by atoms with Gasteiger partial charge in [0.05, 0.1) is 23.7 Å². The molecule has 2 aromatic carbocycles. The van der Waals surface area contributed by atoms with E-state index in [4.69, 9.17) is 25.5 Å². The van der Waals surface area contributed by atoms with Crippen LogP contribution in [0.5, 0.6) is 0 Å². The molecule has 0 aliphatic carbocycles. The van der Waals surface area contributed by atoms with Gasteiger partial charge in [0.25, 0.3) is 0 Å². The molecule has 168 valence electrons. The van der Waals surface area contributed by atoms with Crippen molar-refractivity contribution in [1.29, 1.82) is 0 Å². The average Bonchev–Trinajstić information content (AvgIpc) is 2.79. The summed E-state index contributed by atoms with van der Waals surface area (Å²) in [6.45, 7) is 2.89. The quantitative estimate of drug-likeness (QED) is 0.410. The highest BCUT2D eigenvalue weighted by molar-refractivity contribution is 7.89. The summed E-state index contributed by atoms with van der Waals surface area (Å²) in [5.74, 6) is -0.653. The Kier molecular flexibility index (Phi) is 6.34. The number of ether oxygens (including phenoxy) is 2. The molecule has 1 aliphatic heterocycles. The van der Waals surface area contributed by atoms with Gasteiger partial charge in [0, 0.05) is 35.1 Å². The highest BCUT2D eigenvalue weighted by Gasteiger charge is 2.26. The van der Waals surface area contributed by atoms with Gasteiger partial charge in [-0.05, 0) is 48.9 Å². The topological polar surface area (TPSA) is 103 Å². The molecule has 1 aliphatic rings. The number of hydrogen-bond donors (Lipinski definition) is 0. The zero-order valence-corrected chi connectivity index (χ0v) is 18.7. The van der Waals surface area contributed by atoms with E-state index in [9.17, 15) is 18.0 Å². The molecule has 2 heterocycles. The van der Waals surface area contributed by atoms with Crippen molar-refractivity contribution in [2.24, 2.45) is 0 Å². The fourth-order valence-electron chi connectivity index (χ4n) is 3.39. The molecule has 0 N–H and O–H groups in total. The second kappa shape index (κ2) is 9.03. The lowest BCUT2D eigenvalue weighted by Crippen LogP contribution is -2.40. The number of sulfonamides is 1. The molecule has 0 unspecified atom stereocenters. The standard InChI is InChI=1S/C22H20ClNO7S/c1-14-10-20-18(12-19(14)23)16(11-21(25)31-20)13-30-22(26)15-2-4-17(5-3-15)32(27,28)24-6-8-29-9-7-24/h2-5,10-12H,6-9,13H2,1H3. The van der Waals surface area contributed by atoms with Crippen LogP contribution in [0.1, 0.15) is 21.5 Å². The molecule has 0 amide bonds. The van der Waals surface area contributed by atoms with E-state index in [0.29, 0.717) is 34.8 Å². The van der Waals surface area contributed by atoms with Crippen molar-refractivity contribution in [2.75, 3.05) is 26.3 Å². The van der Waals surface area contributed by atoms with Crippen molar-refractivity contribution < 1.29 is 27.1 Å². The fraction of sp³-hybridized carbons (Fsp3) is 0.273. The molecule has 1 saturated heterocycles. The zero-order valence-electron chi connectivity index (χ0n) is 17.2. The minimum atomic E-state index is -3.65. The van der Waals surface area contributed by atoms with Crippen LogP contribution in [0.3, 0.4) is 0 Å². The summed E-state index contributed by atoms with van der Waals surface area (Å²) in [5.41, 5.74) is 1.18. The van der Waals surface area contributed by atoms with Gasteiger partial charge in [-0.25, -0.2) is 18.0 Å². The SMILES string of the molecule is Cc1cc2oc(=O)cc(COC(=O)c3ccc(S(=O)(=O)N4CCOCC4)cc3)c2cc1Cl. The van der Waals surface area contributed by atoms with Crippen LogP contribution >= 0.6 is 11.6 Å². The Labute approximate surface area is 189 Å². The average molecular weight is 478 g/mol. The molecule has 0 saturated carbocycles. The first-order valence-corrected chi connectivity index (χ1v) is 11.7. The van der Waals surface area contributed by atoms with E-state index in [1.54, 1.807) is 19.1 Å². The molecule has 32 heavy (non-hydrogen) atoms. The maximum absolute atomic E-state index is 12.7. The van der Waals surface area contributed by atoms with E-state index in [1.807, 2.05) is 0 Å². The van der Waals surface area contributed by atoms with E-state index in [2.05, 4.69) is 0 Å². The maximum Gasteiger partial charge on any atom is 0.338 e. The smallest absolute Gasteiger partial charge is 0.338 e. The number of aryl methyl sites for hydroxylation is 1. The van der Waals surface area contributed by atoms with Gasteiger partial charge in [-0.2, -0.15) is 4.31 Å². The normalized spacial score (nSPS) is 15.1. The van der Waals surface area contributed by atoms with Gasteiger partial charge >= 0.3 is 11.6 Å². The number of halogens is 1. The molecule has 1 fully saturated rings. The van der Waals surface area contributed by atoms with Crippen LogP contribution in [0.15, 0.2) is 56.6 Å². The number of carbonyl (C=O) groups is 1. The first kappa shape index (κ1) is 22.5. The zero-order chi connectivity index (χ0) is 22.9. The number of esters is 1. The van der Waals surface area contributed by atoms with Gasteiger partial charge in [-0.1, -0.05) is 11.6 Å². The fourth-order valence-corrected chi connectivity index (χ4v) is 4.96. The van der Waals surface area contributed by atoms with E-state index >= 15 is 0 Å². The Morgan fingerprint density at radius 3 is 2.50 bits per heavy atom. The third-order valence-corrected chi connectivity index (χ3v) is 7.49. The van der Waals surface area contributed by atoms with Crippen LogP contribution in [0.2, 0.25) is 5.02 Å². The van der Waals surface area contributed by atoms with Gasteiger partial charge < -0.3 is 13.9 Å². The van der Waals surface area contributed by atoms with Gasteiger partial charge in [-0.15, -0.1) is 0 Å². The minimum absolute atomic E-state index is 0.0904. The largest absolute Gasteiger partial charge is 0.457 e. The molecular weight excluding hydrogens is 458 g/mol. The summed E-state index contributed by atoms with van der Waals surface area (Å²) in [6, 6.07) is 10.1. The Balaban J connectivity index is 1.50. The summed E-state index contributed by atoms with van der Waals surface area (Å²) in [7, 11) is -3.65. The Morgan fingerprint density at radius 1 is 1.12 bits per heavy atom. The summed E-state index contributed by atoms with van der Waals surface area (Å²) >= 11 is 6.18. The van der Waals surface area contributed by atoms with Crippen molar-refractivity contribution in [2.45, 2.75) is 18.4 Å². The summed E-state index contributed by atoms with van der Waals surface area (Å²) in [4.78, 5) is 24.5. The monoisotopic (exact) mass is 477 g/mol. The predicted molar refractivity (Wildman–Crippen MR) is 117 cm³/mol. The number of carbonyl (C=O) groups excluding carboxylic acids is 1. The Morgan fingerprint density at radius 2 is 1.81 bits per heavy atom. The molecule has 10 heteroatoms. The molecule has 8 nitrogen and oxygen atoms in total. The lowest BCUT2D eigenvalue weighted by atomic mass is 10.1. The second-order valence-electron chi connectivity index (χ2n) is 7.31. The number of nitrogens with zero attached hydrogens (tertiary/aromatic N) is 1. The van der Waals surface area contributed by atoms with E-state index in [-0.39, 0.29) is 30.2 Å². The number of morpholine rings is 1. The van der Waals surface area contributed by atoms with E-state index < -0.39 is 21.6 Å².